The molecule has 3 nitrogen and oxygen atoms in total. The van der Waals surface area contributed by atoms with Crippen molar-refractivity contribution < 1.29 is 4.79 Å². The topological polar surface area (TPSA) is 55.1 Å². The Hall–Kier alpha value is -0.580. The molecule has 21 heavy (non-hydrogen) atoms. The molecule has 5 heteroatoms. The van der Waals surface area contributed by atoms with Crippen LogP contribution in [0, 0.1) is 12.8 Å². The van der Waals surface area contributed by atoms with Crippen molar-refractivity contribution >= 4 is 29.7 Å². The van der Waals surface area contributed by atoms with E-state index in [0.29, 0.717) is 12.3 Å². The zero-order valence-electron chi connectivity index (χ0n) is 12.9. The summed E-state index contributed by atoms with van der Waals surface area (Å²) in [4.78, 5) is 14.8. The highest BCUT2D eigenvalue weighted by Gasteiger charge is 2.24. The van der Waals surface area contributed by atoms with Crippen molar-refractivity contribution in [3.63, 3.8) is 0 Å². The molecule has 1 heterocycles. The van der Waals surface area contributed by atoms with Crippen LogP contribution in [0.5, 0.6) is 0 Å². The smallest absolute Gasteiger partial charge is 0.220 e. The third-order valence-electron chi connectivity index (χ3n) is 4.13. The van der Waals surface area contributed by atoms with Crippen LogP contribution in [-0.4, -0.2) is 18.0 Å². The van der Waals surface area contributed by atoms with Gasteiger partial charge in [-0.05, 0) is 44.7 Å². The Morgan fingerprint density at radius 2 is 2.14 bits per heavy atom. The Morgan fingerprint density at radius 3 is 2.76 bits per heavy atom. The Bertz CT molecular complexity index is 449. The molecule has 0 bridgehead atoms. The zero-order chi connectivity index (χ0) is 14.5. The van der Waals surface area contributed by atoms with E-state index in [-0.39, 0.29) is 30.4 Å². The van der Waals surface area contributed by atoms with Crippen LogP contribution >= 0.6 is 23.7 Å². The second-order valence-corrected chi connectivity index (χ2v) is 7.47. The SMILES string of the molecule is Cc1ccc(CC(C)NC(=O)CC2CCCCC2N)s1.Cl. The largest absolute Gasteiger partial charge is 0.353 e. The number of nitrogens with one attached hydrogen (secondary N) is 1. The van der Waals surface area contributed by atoms with Crippen LogP contribution in [0.25, 0.3) is 0 Å². The predicted molar refractivity (Wildman–Crippen MR) is 92.2 cm³/mol. The van der Waals surface area contributed by atoms with Gasteiger partial charge in [0, 0.05) is 34.7 Å². The zero-order valence-corrected chi connectivity index (χ0v) is 14.6. The predicted octanol–water partition coefficient (Wildman–Crippen LogP) is 3.43. The Morgan fingerprint density at radius 1 is 1.43 bits per heavy atom. The van der Waals surface area contributed by atoms with Gasteiger partial charge in [-0.15, -0.1) is 23.7 Å². The van der Waals surface area contributed by atoms with Gasteiger partial charge in [0.15, 0.2) is 0 Å². The van der Waals surface area contributed by atoms with Gasteiger partial charge >= 0.3 is 0 Å². The summed E-state index contributed by atoms with van der Waals surface area (Å²) in [5, 5.41) is 3.12. The fourth-order valence-corrected chi connectivity index (χ4v) is 4.03. The first-order valence-corrected chi connectivity index (χ1v) is 8.46. The van der Waals surface area contributed by atoms with E-state index in [2.05, 4.69) is 31.3 Å². The summed E-state index contributed by atoms with van der Waals surface area (Å²) in [6.07, 6.45) is 6.12. The van der Waals surface area contributed by atoms with Gasteiger partial charge in [0.1, 0.15) is 0 Å². The van der Waals surface area contributed by atoms with Crippen LogP contribution in [0.15, 0.2) is 12.1 Å². The molecular weight excluding hydrogens is 304 g/mol. The number of amides is 1. The molecule has 3 atom stereocenters. The van der Waals surface area contributed by atoms with Gasteiger partial charge in [0.2, 0.25) is 5.91 Å². The standard InChI is InChI=1S/C16H26N2OS.ClH/c1-11(9-14-8-7-12(2)20-14)18-16(19)10-13-5-3-4-6-15(13)17;/h7-8,11,13,15H,3-6,9-10,17H2,1-2H3,(H,18,19);1H. The van der Waals surface area contributed by atoms with Crippen molar-refractivity contribution in [1.29, 1.82) is 0 Å². The van der Waals surface area contributed by atoms with Crippen molar-refractivity contribution in [2.24, 2.45) is 11.7 Å². The van der Waals surface area contributed by atoms with Gasteiger partial charge in [-0.1, -0.05) is 12.8 Å². The van der Waals surface area contributed by atoms with Gasteiger partial charge in [0.05, 0.1) is 0 Å². The number of hydrogen-bond donors (Lipinski definition) is 2. The van der Waals surface area contributed by atoms with Crippen LogP contribution in [0.1, 0.15) is 48.8 Å². The van der Waals surface area contributed by atoms with Gasteiger partial charge in [-0.3, -0.25) is 4.79 Å². The third kappa shape index (κ3) is 5.97. The molecule has 1 saturated carbocycles. The lowest BCUT2D eigenvalue weighted by Crippen LogP contribution is -2.40. The van der Waals surface area contributed by atoms with E-state index in [1.807, 2.05) is 11.3 Å². The third-order valence-corrected chi connectivity index (χ3v) is 5.15. The molecule has 0 saturated heterocycles. The molecule has 1 aromatic heterocycles. The number of halogens is 1. The molecule has 2 rings (SSSR count). The van der Waals surface area contributed by atoms with Gasteiger partial charge < -0.3 is 11.1 Å². The van der Waals surface area contributed by atoms with Crippen LogP contribution < -0.4 is 11.1 Å². The summed E-state index contributed by atoms with van der Waals surface area (Å²) in [6.45, 7) is 4.19. The lowest BCUT2D eigenvalue weighted by Gasteiger charge is -2.28. The summed E-state index contributed by atoms with van der Waals surface area (Å²) in [5.41, 5.74) is 6.11. The van der Waals surface area contributed by atoms with Crippen molar-refractivity contribution in [3.05, 3.63) is 21.9 Å². The first-order chi connectivity index (χ1) is 9.54. The molecule has 1 aliphatic carbocycles. The molecule has 0 radical (unpaired) electrons. The maximum atomic E-state index is 12.1. The van der Waals surface area contributed by atoms with Gasteiger partial charge in [0.25, 0.3) is 0 Å². The van der Waals surface area contributed by atoms with E-state index in [4.69, 9.17) is 5.73 Å². The van der Waals surface area contributed by atoms with Crippen molar-refractivity contribution in [3.8, 4) is 0 Å². The second-order valence-electron chi connectivity index (χ2n) is 6.10. The number of rotatable bonds is 5. The number of carbonyl (C=O) groups is 1. The first-order valence-electron chi connectivity index (χ1n) is 7.65. The number of carbonyl (C=O) groups excluding carboxylic acids is 1. The monoisotopic (exact) mass is 330 g/mol. The molecule has 0 aromatic carbocycles. The summed E-state index contributed by atoms with van der Waals surface area (Å²) >= 11 is 1.81. The highest BCUT2D eigenvalue weighted by molar-refractivity contribution is 7.11. The minimum absolute atomic E-state index is 0. The Balaban J connectivity index is 0.00000220. The first kappa shape index (κ1) is 18.5. The summed E-state index contributed by atoms with van der Waals surface area (Å²) < 4.78 is 0. The number of nitrogens with two attached hydrogens (primary N) is 1. The van der Waals surface area contributed by atoms with E-state index in [0.717, 1.165) is 19.3 Å². The molecule has 1 aromatic rings. The Kier molecular flexibility index (Phi) is 7.71. The van der Waals surface area contributed by atoms with E-state index >= 15 is 0 Å². The lowest BCUT2D eigenvalue weighted by atomic mass is 9.83. The number of hydrogen-bond acceptors (Lipinski definition) is 3. The average molecular weight is 331 g/mol. The molecule has 1 aliphatic rings. The van der Waals surface area contributed by atoms with Crippen LogP contribution in [0.3, 0.4) is 0 Å². The minimum Gasteiger partial charge on any atom is -0.353 e. The quantitative estimate of drug-likeness (QED) is 0.869. The van der Waals surface area contributed by atoms with Gasteiger partial charge in [-0.25, -0.2) is 0 Å². The molecule has 3 N–H and O–H groups in total. The van der Waals surface area contributed by atoms with E-state index in [9.17, 15) is 4.79 Å². The van der Waals surface area contributed by atoms with Crippen molar-refractivity contribution in [2.45, 2.75) is 64.5 Å². The second kappa shape index (κ2) is 8.76. The van der Waals surface area contributed by atoms with Gasteiger partial charge in [-0.2, -0.15) is 0 Å². The minimum atomic E-state index is 0. The van der Waals surface area contributed by atoms with Crippen LogP contribution in [0.2, 0.25) is 0 Å². The average Bonchev–Trinajstić information content (AvgIpc) is 2.77. The summed E-state index contributed by atoms with van der Waals surface area (Å²) in [7, 11) is 0. The van der Waals surface area contributed by atoms with Crippen molar-refractivity contribution in [1.82, 2.24) is 5.32 Å². The fourth-order valence-electron chi connectivity index (χ4n) is 3.01. The van der Waals surface area contributed by atoms with Crippen molar-refractivity contribution in [2.75, 3.05) is 0 Å². The fraction of sp³-hybridized carbons (Fsp3) is 0.688. The molecular formula is C16H27ClN2OS. The molecule has 0 spiro atoms. The number of aryl methyl sites for hydroxylation is 1. The maximum Gasteiger partial charge on any atom is 0.220 e. The lowest BCUT2D eigenvalue weighted by molar-refractivity contribution is -0.123. The van der Waals surface area contributed by atoms with Crippen LogP contribution in [0.4, 0.5) is 0 Å². The van der Waals surface area contributed by atoms with E-state index in [1.165, 1.54) is 22.6 Å². The van der Waals surface area contributed by atoms with E-state index in [1.54, 1.807) is 0 Å². The number of thiophene rings is 1. The summed E-state index contributed by atoms with van der Waals surface area (Å²) in [6, 6.07) is 4.69. The molecule has 3 unspecified atom stereocenters. The summed E-state index contributed by atoms with van der Waals surface area (Å²) in [5.74, 6) is 0.535. The van der Waals surface area contributed by atoms with E-state index < -0.39 is 0 Å². The normalized spacial score (nSPS) is 23.2. The van der Waals surface area contributed by atoms with Crippen LogP contribution in [-0.2, 0) is 11.2 Å². The molecule has 0 aliphatic heterocycles. The molecule has 1 amide bonds. The molecule has 120 valence electrons. The highest BCUT2D eigenvalue weighted by atomic mass is 35.5. The Labute approximate surface area is 138 Å². The highest BCUT2D eigenvalue weighted by Crippen LogP contribution is 2.25. The maximum absolute atomic E-state index is 12.1. The molecule has 1 fully saturated rings.